The number of hydrogen-bond donors (Lipinski definition) is 2. The smallest absolute Gasteiger partial charge is 0.309 e. The Kier molecular flexibility index (Phi) is 9.32. The van der Waals surface area contributed by atoms with Gasteiger partial charge in [-0.3, -0.25) is 0 Å². The number of carboxylic acid groups (broad SMARTS) is 1. The van der Waals surface area contributed by atoms with Crippen molar-refractivity contribution in [2.24, 2.45) is 11.5 Å². The standard InChI is InChI=1S/C5H10O2S.CH4N2O/c1-8(2)4-3-5(6)7;2-1(3)4/h3-4H2,1-2H3;(H4,2,3,4). The lowest BCUT2D eigenvalue weighted by Crippen LogP contribution is -2.24. The van der Waals surface area contributed by atoms with Gasteiger partial charge in [0.05, 0.1) is 12.5 Å². The molecule has 12 heavy (non-hydrogen) atoms. The monoisotopic (exact) mass is 194 g/mol. The van der Waals surface area contributed by atoms with Crippen molar-refractivity contribution in [3.05, 3.63) is 0 Å². The lowest BCUT2D eigenvalue weighted by Gasteiger charge is -1.96. The van der Waals surface area contributed by atoms with Crippen LogP contribution in [0.25, 0.3) is 0 Å². The number of carbonyl (C=O) groups excluding carboxylic acids is 2. The quantitative estimate of drug-likeness (QED) is 0.508. The van der Waals surface area contributed by atoms with Crippen molar-refractivity contribution in [3.8, 4) is 0 Å². The van der Waals surface area contributed by atoms with Gasteiger partial charge in [-0.05, 0) is 10.9 Å². The van der Waals surface area contributed by atoms with Gasteiger partial charge in [0.2, 0.25) is 0 Å². The lowest BCUT2D eigenvalue weighted by atomic mass is 10.5. The van der Waals surface area contributed by atoms with E-state index in [1.165, 1.54) is 0 Å². The number of amides is 2. The molecule has 72 valence electrons. The molecule has 0 aliphatic carbocycles. The molecule has 0 bridgehead atoms. The van der Waals surface area contributed by atoms with E-state index >= 15 is 0 Å². The molecule has 0 saturated carbocycles. The number of aliphatic carboxylic acids is 1. The van der Waals surface area contributed by atoms with Crippen LogP contribution in [0.2, 0.25) is 0 Å². The second kappa shape index (κ2) is 8.19. The van der Waals surface area contributed by atoms with Crippen molar-refractivity contribution in [2.75, 3.05) is 18.3 Å². The fourth-order valence-electron chi connectivity index (χ4n) is 0.287. The number of carbonyl (C=O) groups is 2. The largest absolute Gasteiger partial charge is 0.550 e. The van der Waals surface area contributed by atoms with Crippen LogP contribution in [0, 0.1) is 0 Å². The van der Waals surface area contributed by atoms with Crippen LogP contribution in [0.5, 0.6) is 0 Å². The maximum absolute atomic E-state index is 9.80. The summed E-state index contributed by atoms with van der Waals surface area (Å²) in [4.78, 5) is 18.8. The SMILES string of the molecule is C[S+](C)CCC(=O)[O-].NC(N)=O. The number of rotatable bonds is 3. The Bertz CT molecular complexity index is 146. The van der Waals surface area contributed by atoms with Gasteiger partial charge in [0.25, 0.3) is 0 Å². The zero-order chi connectivity index (χ0) is 10.1. The van der Waals surface area contributed by atoms with Crippen LogP contribution < -0.4 is 16.6 Å². The molecule has 5 nitrogen and oxygen atoms in total. The summed E-state index contributed by atoms with van der Waals surface area (Å²) in [6, 6.07) is -0.833. The molecule has 0 saturated heterocycles. The van der Waals surface area contributed by atoms with E-state index in [4.69, 9.17) is 4.79 Å². The lowest BCUT2D eigenvalue weighted by molar-refractivity contribution is -0.305. The van der Waals surface area contributed by atoms with E-state index in [2.05, 4.69) is 11.5 Å². The zero-order valence-corrected chi connectivity index (χ0v) is 8.02. The summed E-state index contributed by atoms with van der Waals surface area (Å²) < 4.78 is 0. The molecule has 0 heterocycles. The Labute approximate surface area is 74.5 Å². The minimum atomic E-state index is -0.939. The van der Waals surface area contributed by atoms with Gasteiger partial charge >= 0.3 is 6.03 Å². The Balaban J connectivity index is 0. The molecule has 2 amide bonds. The molecule has 0 atom stereocenters. The highest BCUT2D eigenvalue weighted by Crippen LogP contribution is 1.86. The van der Waals surface area contributed by atoms with Crippen LogP contribution in [-0.2, 0) is 15.7 Å². The average Bonchev–Trinajstić information content (AvgIpc) is 1.82. The predicted molar refractivity (Wildman–Crippen MR) is 47.5 cm³/mol. The Morgan fingerprint density at radius 1 is 1.33 bits per heavy atom. The third kappa shape index (κ3) is 35.6. The van der Waals surface area contributed by atoms with Crippen LogP contribution in [-0.4, -0.2) is 30.3 Å². The summed E-state index contributed by atoms with van der Waals surface area (Å²) in [5, 5.41) is 9.80. The summed E-state index contributed by atoms with van der Waals surface area (Å²) in [5.41, 5.74) is 8.50. The van der Waals surface area contributed by atoms with Crippen molar-refractivity contribution >= 4 is 22.9 Å². The zero-order valence-electron chi connectivity index (χ0n) is 7.20. The second-order valence-corrected chi connectivity index (χ2v) is 4.59. The molecular weight excluding hydrogens is 180 g/mol. The topological polar surface area (TPSA) is 109 Å². The molecule has 0 spiro atoms. The van der Waals surface area contributed by atoms with Gasteiger partial charge in [0.1, 0.15) is 5.75 Å². The minimum Gasteiger partial charge on any atom is -0.550 e. The molecular formula is C6H14N2O3S. The summed E-state index contributed by atoms with van der Waals surface area (Å²) in [5.74, 6) is -0.186. The number of nitrogens with two attached hydrogens (primary N) is 2. The first-order valence-corrected chi connectivity index (χ1v) is 5.36. The van der Waals surface area contributed by atoms with Gasteiger partial charge in [0.15, 0.2) is 0 Å². The van der Waals surface area contributed by atoms with E-state index in [0.29, 0.717) is 0 Å². The van der Waals surface area contributed by atoms with Crippen molar-refractivity contribution < 1.29 is 14.7 Å². The number of urea groups is 1. The summed E-state index contributed by atoms with van der Waals surface area (Å²) >= 11 is 0. The van der Waals surface area contributed by atoms with Crippen LogP contribution >= 0.6 is 0 Å². The normalized spacial score (nSPS) is 8.58. The molecule has 0 aromatic carbocycles. The molecule has 0 fully saturated rings. The van der Waals surface area contributed by atoms with Crippen molar-refractivity contribution in [2.45, 2.75) is 6.42 Å². The maximum atomic E-state index is 9.80. The van der Waals surface area contributed by atoms with Crippen LogP contribution in [0.3, 0.4) is 0 Å². The van der Waals surface area contributed by atoms with Crippen molar-refractivity contribution in [1.82, 2.24) is 0 Å². The minimum absolute atomic E-state index is 0.204. The molecule has 0 radical (unpaired) electrons. The van der Waals surface area contributed by atoms with Crippen molar-refractivity contribution in [1.29, 1.82) is 0 Å². The van der Waals surface area contributed by atoms with Gasteiger partial charge in [-0.25, -0.2) is 4.79 Å². The van der Waals surface area contributed by atoms with Gasteiger partial charge < -0.3 is 21.4 Å². The summed E-state index contributed by atoms with van der Waals surface area (Å²) in [7, 11) is 0.243. The number of primary amides is 2. The molecule has 0 aromatic rings. The molecule has 0 aromatic heterocycles. The first kappa shape index (κ1) is 13.7. The second-order valence-electron chi connectivity index (χ2n) is 2.21. The molecule has 0 rings (SSSR count). The average molecular weight is 194 g/mol. The van der Waals surface area contributed by atoms with Gasteiger partial charge in [-0.1, -0.05) is 0 Å². The van der Waals surface area contributed by atoms with Crippen LogP contribution in [0.15, 0.2) is 0 Å². The maximum Gasteiger partial charge on any atom is 0.309 e. The van der Waals surface area contributed by atoms with E-state index in [0.717, 1.165) is 5.75 Å². The fourth-order valence-corrected chi connectivity index (χ4v) is 0.862. The molecule has 4 N–H and O–H groups in total. The molecule has 0 aliphatic rings. The van der Waals surface area contributed by atoms with E-state index in [1.54, 1.807) is 0 Å². The Morgan fingerprint density at radius 3 is 1.75 bits per heavy atom. The molecule has 0 aliphatic heterocycles. The first-order chi connectivity index (χ1) is 5.36. The van der Waals surface area contributed by atoms with Gasteiger partial charge in [-0.15, -0.1) is 0 Å². The molecule has 0 unspecified atom stereocenters. The van der Waals surface area contributed by atoms with Crippen LogP contribution in [0.4, 0.5) is 4.79 Å². The highest BCUT2D eigenvalue weighted by molar-refractivity contribution is 7.95. The highest BCUT2D eigenvalue weighted by atomic mass is 32.2. The summed E-state index contributed by atoms with van der Waals surface area (Å²) in [6.45, 7) is 0. The number of carboxylic acids is 1. The summed E-state index contributed by atoms with van der Waals surface area (Å²) in [6.07, 6.45) is 4.24. The van der Waals surface area contributed by atoms with Gasteiger partial charge in [0, 0.05) is 12.4 Å². The highest BCUT2D eigenvalue weighted by Gasteiger charge is 1.99. The van der Waals surface area contributed by atoms with Gasteiger partial charge in [-0.2, -0.15) is 0 Å². The molecule has 6 heteroatoms. The van der Waals surface area contributed by atoms with Crippen LogP contribution in [0.1, 0.15) is 6.42 Å². The Hall–Kier alpha value is -0.910. The third-order valence-corrected chi connectivity index (χ3v) is 1.74. The van der Waals surface area contributed by atoms with Crippen molar-refractivity contribution in [3.63, 3.8) is 0 Å². The van der Waals surface area contributed by atoms with E-state index < -0.39 is 12.0 Å². The van der Waals surface area contributed by atoms with E-state index in [-0.39, 0.29) is 17.3 Å². The van der Waals surface area contributed by atoms with E-state index in [9.17, 15) is 9.90 Å². The predicted octanol–water partition coefficient (Wildman–Crippen LogP) is -1.97. The fraction of sp³-hybridized carbons (Fsp3) is 0.667. The third-order valence-electron chi connectivity index (χ3n) is 0.714. The Morgan fingerprint density at radius 2 is 1.67 bits per heavy atom. The first-order valence-electron chi connectivity index (χ1n) is 3.15. The number of hydrogen-bond acceptors (Lipinski definition) is 3. The van der Waals surface area contributed by atoms with E-state index in [1.807, 2.05) is 12.5 Å².